The Hall–Kier alpha value is -0.890. The van der Waals surface area contributed by atoms with Gasteiger partial charge in [-0.15, -0.1) is 0 Å². The molecule has 0 saturated heterocycles. The van der Waals surface area contributed by atoms with Crippen LogP contribution in [-0.2, 0) is 4.79 Å². The molecule has 2 N–H and O–H groups in total. The van der Waals surface area contributed by atoms with Gasteiger partial charge in [0.05, 0.1) is 0 Å². The lowest BCUT2D eigenvalue weighted by Crippen LogP contribution is -1.97. The zero-order chi connectivity index (χ0) is 7.28. The Balaban J connectivity index is 3.77. The van der Waals surface area contributed by atoms with Crippen LogP contribution < -0.4 is 5.73 Å². The molecule has 0 saturated carbocycles. The van der Waals surface area contributed by atoms with Gasteiger partial charge in [0, 0.05) is 6.54 Å². The van der Waals surface area contributed by atoms with Crippen molar-refractivity contribution in [1.82, 2.24) is 0 Å². The van der Waals surface area contributed by atoms with Crippen LogP contribution in [0.1, 0.15) is 6.92 Å². The van der Waals surface area contributed by atoms with E-state index in [1.807, 2.05) is 0 Å². The molecular weight excluding hydrogens is 114 g/mol. The Morgan fingerprint density at radius 1 is 1.78 bits per heavy atom. The molecule has 9 heavy (non-hydrogen) atoms. The van der Waals surface area contributed by atoms with E-state index in [1.165, 1.54) is 6.08 Å². The van der Waals surface area contributed by atoms with E-state index in [0.717, 1.165) is 0 Å². The molecule has 0 aromatic heterocycles. The van der Waals surface area contributed by atoms with Crippen molar-refractivity contribution in [3.8, 4) is 0 Å². The number of rotatable bonds is 3. The molecule has 0 unspecified atom stereocenters. The number of carbonyl (C=O) groups excluding carboxylic acids is 1. The van der Waals surface area contributed by atoms with Crippen molar-refractivity contribution in [3.05, 3.63) is 24.3 Å². The smallest absolute Gasteiger partial charge is 0.180 e. The van der Waals surface area contributed by atoms with Gasteiger partial charge in [0.2, 0.25) is 0 Å². The Labute approximate surface area is 55.1 Å². The lowest BCUT2D eigenvalue weighted by molar-refractivity contribution is -0.111. The van der Waals surface area contributed by atoms with E-state index in [2.05, 4.69) is 6.58 Å². The van der Waals surface area contributed by atoms with Gasteiger partial charge >= 0.3 is 0 Å². The molecular formula is C7H11NO. The summed E-state index contributed by atoms with van der Waals surface area (Å²) in [5, 5.41) is 0. The first kappa shape index (κ1) is 8.11. The Kier molecular flexibility index (Phi) is 3.64. The second-order valence-electron chi connectivity index (χ2n) is 1.78. The minimum absolute atomic E-state index is 0.0551. The summed E-state index contributed by atoms with van der Waals surface area (Å²) in [7, 11) is 0. The highest BCUT2D eigenvalue weighted by Crippen LogP contribution is 1.89. The normalized spacial score (nSPS) is 10.0. The molecule has 0 aliphatic carbocycles. The Morgan fingerprint density at radius 2 is 2.33 bits per heavy atom. The van der Waals surface area contributed by atoms with Crippen LogP contribution in [0.5, 0.6) is 0 Å². The molecule has 0 fully saturated rings. The van der Waals surface area contributed by atoms with E-state index in [0.29, 0.717) is 12.1 Å². The average Bonchev–Trinajstić information content (AvgIpc) is 1.82. The number of nitrogens with two attached hydrogens (primary N) is 1. The van der Waals surface area contributed by atoms with Crippen LogP contribution in [0.3, 0.4) is 0 Å². The molecule has 0 radical (unpaired) electrons. The third-order valence-electron chi connectivity index (χ3n) is 0.826. The van der Waals surface area contributed by atoms with Crippen LogP contribution in [0.4, 0.5) is 0 Å². The van der Waals surface area contributed by atoms with Crippen molar-refractivity contribution in [2.45, 2.75) is 6.92 Å². The molecule has 2 nitrogen and oxygen atoms in total. The topological polar surface area (TPSA) is 43.1 Å². The first-order valence-electron chi connectivity index (χ1n) is 2.75. The molecule has 0 aliphatic heterocycles. The number of hydrogen-bond donors (Lipinski definition) is 1. The molecule has 0 aromatic carbocycles. The van der Waals surface area contributed by atoms with E-state index in [-0.39, 0.29) is 5.78 Å². The first-order valence-corrected chi connectivity index (χ1v) is 2.75. The predicted octanol–water partition coefficient (Wildman–Crippen LogP) is 0.647. The molecule has 0 bridgehead atoms. The van der Waals surface area contributed by atoms with Crippen molar-refractivity contribution in [2.75, 3.05) is 6.54 Å². The molecule has 0 spiro atoms. The van der Waals surface area contributed by atoms with Crippen LogP contribution in [0.15, 0.2) is 24.3 Å². The lowest BCUT2D eigenvalue weighted by Gasteiger charge is -1.86. The molecule has 0 rings (SSSR count). The molecule has 0 aromatic rings. The quantitative estimate of drug-likeness (QED) is 0.563. The highest BCUT2D eigenvalue weighted by molar-refractivity contribution is 6.02. The van der Waals surface area contributed by atoms with Crippen LogP contribution in [0.2, 0.25) is 0 Å². The third kappa shape index (κ3) is 3.67. The van der Waals surface area contributed by atoms with E-state index in [9.17, 15) is 4.79 Å². The summed E-state index contributed by atoms with van der Waals surface area (Å²) < 4.78 is 0. The molecule has 0 atom stereocenters. The van der Waals surface area contributed by atoms with E-state index < -0.39 is 0 Å². The summed E-state index contributed by atoms with van der Waals surface area (Å²) in [6.07, 6.45) is 3.04. The minimum atomic E-state index is -0.0551. The van der Waals surface area contributed by atoms with Gasteiger partial charge in [0.15, 0.2) is 5.78 Å². The summed E-state index contributed by atoms with van der Waals surface area (Å²) in [6.45, 7) is 5.54. The van der Waals surface area contributed by atoms with Crippen LogP contribution in [-0.4, -0.2) is 12.3 Å². The first-order chi connectivity index (χ1) is 4.18. The number of ketones is 1. The minimum Gasteiger partial charge on any atom is -0.327 e. The van der Waals surface area contributed by atoms with Gasteiger partial charge in [-0.2, -0.15) is 0 Å². The largest absolute Gasteiger partial charge is 0.327 e. The SMILES string of the molecule is C=C(C)C(=O)C=CCN. The van der Waals surface area contributed by atoms with Gasteiger partial charge in [-0.25, -0.2) is 0 Å². The van der Waals surface area contributed by atoms with E-state index in [1.54, 1.807) is 13.0 Å². The zero-order valence-corrected chi connectivity index (χ0v) is 5.55. The van der Waals surface area contributed by atoms with Gasteiger partial charge in [-0.05, 0) is 18.6 Å². The van der Waals surface area contributed by atoms with Gasteiger partial charge in [0.1, 0.15) is 0 Å². The molecule has 50 valence electrons. The Bertz CT molecular complexity index is 147. The fourth-order valence-corrected chi connectivity index (χ4v) is 0.317. The summed E-state index contributed by atoms with van der Waals surface area (Å²) >= 11 is 0. The highest BCUT2D eigenvalue weighted by Gasteiger charge is 1.92. The maximum Gasteiger partial charge on any atom is 0.180 e. The zero-order valence-electron chi connectivity index (χ0n) is 5.55. The molecule has 0 aliphatic rings. The number of allylic oxidation sites excluding steroid dienone is 2. The summed E-state index contributed by atoms with van der Waals surface area (Å²) in [4.78, 5) is 10.7. The second-order valence-corrected chi connectivity index (χ2v) is 1.78. The fourth-order valence-electron chi connectivity index (χ4n) is 0.317. The Morgan fingerprint density at radius 3 is 2.67 bits per heavy atom. The summed E-state index contributed by atoms with van der Waals surface area (Å²) in [6, 6.07) is 0. The highest BCUT2D eigenvalue weighted by atomic mass is 16.1. The van der Waals surface area contributed by atoms with Gasteiger partial charge in [0.25, 0.3) is 0 Å². The maximum absolute atomic E-state index is 10.7. The van der Waals surface area contributed by atoms with Crippen molar-refractivity contribution in [1.29, 1.82) is 0 Å². The van der Waals surface area contributed by atoms with E-state index >= 15 is 0 Å². The van der Waals surface area contributed by atoms with Gasteiger partial charge < -0.3 is 5.73 Å². The van der Waals surface area contributed by atoms with E-state index in [4.69, 9.17) is 5.73 Å². The monoisotopic (exact) mass is 125 g/mol. The second kappa shape index (κ2) is 4.04. The van der Waals surface area contributed by atoms with Crippen LogP contribution in [0, 0.1) is 0 Å². The summed E-state index contributed by atoms with van der Waals surface area (Å²) in [5.74, 6) is -0.0551. The molecule has 0 heterocycles. The maximum atomic E-state index is 10.7. The van der Waals surface area contributed by atoms with Crippen molar-refractivity contribution in [3.63, 3.8) is 0 Å². The fraction of sp³-hybridized carbons (Fsp3) is 0.286. The predicted molar refractivity (Wildman–Crippen MR) is 38.0 cm³/mol. The van der Waals surface area contributed by atoms with Crippen molar-refractivity contribution in [2.24, 2.45) is 5.73 Å². The molecule has 2 heteroatoms. The average molecular weight is 125 g/mol. The third-order valence-corrected chi connectivity index (χ3v) is 0.826. The number of carbonyl (C=O) groups is 1. The van der Waals surface area contributed by atoms with Crippen LogP contribution >= 0.6 is 0 Å². The standard InChI is InChI=1S/C7H11NO/c1-6(2)7(9)4-3-5-8/h3-4H,1,5,8H2,2H3. The number of hydrogen-bond acceptors (Lipinski definition) is 2. The van der Waals surface area contributed by atoms with Gasteiger partial charge in [-0.3, -0.25) is 4.79 Å². The van der Waals surface area contributed by atoms with Crippen molar-refractivity contribution < 1.29 is 4.79 Å². The van der Waals surface area contributed by atoms with Crippen molar-refractivity contribution >= 4 is 5.78 Å². The lowest BCUT2D eigenvalue weighted by atomic mass is 10.2. The summed E-state index contributed by atoms with van der Waals surface area (Å²) in [5.41, 5.74) is 5.65. The van der Waals surface area contributed by atoms with Crippen LogP contribution in [0.25, 0.3) is 0 Å². The molecule has 0 amide bonds. The van der Waals surface area contributed by atoms with Gasteiger partial charge in [-0.1, -0.05) is 12.7 Å².